The van der Waals surface area contributed by atoms with Crippen LogP contribution in [0.4, 0.5) is 0 Å². The summed E-state index contributed by atoms with van der Waals surface area (Å²) < 4.78 is 4.81. The van der Waals surface area contributed by atoms with Crippen LogP contribution in [0.5, 0.6) is 0 Å². The number of aliphatic hydroxyl groups is 4. The van der Waals surface area contributed by atoms with Gasteiger partial charge in [0.25, 0.3) is 0 Å². The Morgan fingerprint density at radius 3 is 2.40 bits per heavy atom. The monoisotopic (exact) mass is 222 g/mol. The predicted octanol–water partition coefficient (Wildman–Crippen LogP) is -3.08. The number of aliphatic hydroxyl groups excluding tert-OH is 4. The van der Waals surface area contributed by atoms with E-state index < -0.39 is 43.2 Å². The molecule has 1 aliphatic rings. The summed E-state index contributed by atoms with van der Waals surface area (Å²) in [5, 5.41) is 39.4. The number of carbonyl (C=O) groups excluding carboxylic acids is 1. The van der Waals surface area contributed by atoms with E-state index in [2.05, 4.69) is 5.32 Å². The lowest BCUT2D eigenvalue weighted by atomic mass is 10.0. The molecule has 0 bridgehead atoms. The molecule has 0 saturated carbocycles. The highest BCUT2D eigenvalue weighted by atomic mass is 16.7. The number of amides is 1. The van der Waals surface area contributed by atoms with Gasteiger partial charge in [0.1, 0.15) is 24.4 Å². The van der Waals surface area contributed by atoms with Crippen LogP contribution in [0.25, 0.3) is 0 Å². The van der Waals surface area contributed by atoms with E-state index in [0.29, 0.717) is 0 Å². The Bertz CT molecular complexity index is 235. The Hall–Kier alpha value is -0.730. The van der Waals surface area contributed by atoms with E-state index >= 15 is 0 Å². The van der Waals surface area contributed by atoms with Gasteiger partial charge in [-0.25, -0.2) is 0 Å². The Balaban J connectivity index is 2.70. The van der Waals surface area contributed by atoms with Gasteiger partial charge in [-0.1, -0.05) is 0 Å². The van der Waals surface area contributed by atoms with Gasteiger partial charge in [0.15, 0.2) is 6.29 Å². The van der Waals surface area contributed by atoms with Crippen LogP contribution >= 0.6 is 0 Å². The quantitative estimate of drug-likeness (QED) is 0.316. The zero-order valence-corrected chi connectivity index (χ0v) is 8.20. The van der Waals surface area contributed by atoms with Gasteiger partial charge in [0, 0.05) is 6.92 Å². The minimum atomic E-state index is -1.45. The molecule has 0 radical (unpaired) electrons. The Morgan fingerprint density at radius 1 is 1.33 bits per heavy atom. The smallest absolute Gasteiger partial charge is 0.217 e. The topological polar surface area (TPSA) is 119 Å². The van der Waals surface area contributed by atoms with Gasteiger partial charge in [0.05, 0.1) is 6.61 Å². The molecule has 0 aromatic heterocycles. The van der Waals surface area contributed by atoms with E-state index in [1.165, 1.54) is 6.92 Å². The second kappa shape index (κ2) is 4.86. The first-order chi connectivity index (χ1) is 6.97. The number of carbonyl (C=O) groups is 1. The zero-order valence-electron chi connectivity index (χ0n) is 8.20. The van der Waals surface area contributed by atoms with E-state index in [1.807, 2.05) is 0 Å². The van der Waals surface area contributed by atoms with Gasteiger partial charge < -0.3 is 30.5 Å². The van der Waals surface area contributed by atoms with Crippen LogP contribution in [0.15, 0.2) is 0 Å². The molecule has 1 unspecified atom stereocenters. The molecular weight excluding hydrogens is 207 g/mol. The summed E-state index contributed by atoms with van der Waals surface area (Å²) in [5.41, 5.74) is 0. The van der Waals surface area contributed by atoms with Crippen molar-refractivity contribution in [2.24, 2.45) is 0 Å². The molecule has 15 heavy (non-hydrogen) atoms. The molecule has 1 saturated heterocycles. The van der Waals surface area contributed by atoms with Crippen LogP contribution < -0.4 is 5.32 Å². The van der Waals surface area contributed by atoms with E-state index in [4.69, 9.17) is 9.84 Å². The van der Waals surface area contributed by atoms with E-state index in [9.17, 15) is 20.1 Å². The normalized spacial score (nSPS) is 41.3. The molecule has 0 aromatic rings. The summed E-state index contributed by atoms with van der Waals surface area (Å²) in [6.45, 7) is 0.687. The van der Waals surface area contributed by atoms with Crippen molar-refractivity contribution in [3.8, 4) is 0 Å². The number of ether oxygens (including phenoxy) is 1. The Labute approximate surface area is 86.3 Å². The van der Waals surface area contributed by atoms with Gasteiger partial charge in [-0.05, 0) is 0 Å². The minimum absolute atomic E-state index is 0.462. The number of rotatable bonds is 2. The molecule has 1 aliphatic heterocycles. The fourth-order valence-corrected chi connectivity index (χ4v) is 1.49. The van der Waals surface area contributed by atoms with Gasteiger partial charge in [-0.15, -0.1) is 0 Å². The third-order valence-corrected chi connectivity index (χ3v) is 2.27. The molecule has 5 atom stereocenters. The molecule has 0 aromatic carbocycles. The van der Waals surface area contributed by atoms with Crippen LogP contribution in [0.2, 0.25) is 0 Å². The first-order valence-corrected chi connectivity index (χ1v) is 4.55. The van der Waals surface area contributed by atoms with Crippen molar-refractivity contribution in [1.82, 2.24) is 5.32 Å². The van der Waals surface area contributed by atoms with Crippen LogP contribution in [0, 0.1) is 0 Å². The molecule has 1 fully saturated rings. The van der Waals surface area contributed by atoms with Gasteiger partial charge in [-0.2, -0.15) is 0 Å². The van der Waals surface area contributed by atoms with Crippen molar-refractivity contribution < 1.29 is 30.0 Å². The predicted molar refractivity (Wildman–Crippen MR) is 47.6 cm³/mol. The molecule has 7 nitrogen and oxygen atoms in total. The second-order valence-corrected chi connectivity index (χ2v) is 3.46. The van der Waals surface area contributed by atoms with Crippen molar-refractivity contribution in [1.29, 1.82) is 0 Å². The summed E-state index contributed by atoms with van der Waals surface area (Å²) >= 11 is 0. The van der Waals surface area contributed by atoms with E-state index in [1.54, 1.807) is 0 Å². The highest BCUT2D eigenvalue weighted by Gasteiger charge is 2.43. The van der Waals surface area contributed by atoms with Crippen molar-refractivity contribution in [2.45, 2.75) is 37.6 Å². The highest BCUT2D eigenvalue weighted by Crippen LogP contribution is 2.19. The van der Waals surface area contributed by atoms with Crippen LogP contribution in [-0.4, -0.2) is 63.6 Å². The molecular formula is C8H15NO6. The lowest BCUT2D eigenvalue weighted by Crippen LogP contribution is -2.63. The van der Waals surface area contributed by atoms with E-state index in [0.717, 1.165) is 0 Å². The summed E-state index contributed by atoms with van der Waals surface area (Å²) in [6.07, 6.45) is -5.24. The Kier molecular flexibility index (Phi) is 4.00. The van der Waals surface area contributed by atoms with Gasteiger partial charge in [-0.3, -0.25) is 4.79 Å². The molecule has 1 rings (SSSR count). The number of hydrogen-bond donors (Lipinski definition) is 5. The van der Waals surface area contributed by atoms with Crippen molar-refractivity contribution in [3.05, 3.63) is 0 Å². The average Bonchev–Trinajstić information content (AvgIpc) is 2.18. The lowest BCUT2D eigenvalue weighted by molar-refractivity contribution is -0.253. The fourth-order valence-electron chi connectivity index (χ4n) is 1.49. The maximum absolute atomic E-state index is 10.7. The molecule has 7 heteroatoms. The molecule has 88 valence electrons. The molecule has 0 aliphatic carbocycles. The number of nitrogens with one attached hydrogen (secondary N) is 1. The summed E-state index contributed by atoms with van der Waals surface area (Å²) in [7, 11) is 0. The van der Waals surface area contributed by atoms with Crippen molar-refractivity contribution in [2.75, 3.05) is 6.61 Å². The van der Waals surface area contributed by atoms with Crippen LogP contribution in [0.3, 0.4) is 0 Å². The summed E-state index contributed by atoms with van der Waals surface area (Å²) in [6, 6.07) is -1.10. The molecule has 5 N–H and O–H groups in total. The minimum Gasteiger partial charge on any atom is -0.394 e. The summed E-state index contributed by atoms with van der Waals surface area (Å²) in [4.78, 5) is 10.7. The fraction of sp³-hybridized carbons (Fsp3) is 0.875. The van der Waals surface area contributed by atoms with E-state index in [-0.39, 0.29) is 0 Å². The maximum Gasteiger partial charge on any atom is 0.217 e. The van der Waals surface area contributed by atoms with Crippen LogP contribution in [-0.2, 0) is 9.53 Å². The third kappa shape index (κ3) is 2.64. The summed E-state index contributed by atoms with van der Waals surface area (Å²) in [5.74, 6) is -0.462. The van der Waals surface area contributed by atoms with Crippen molar-refractivity contribution in [3.63, 3.8) is 0 Å². The van der Waals surface area contributed by atoms with Gasteiger partial charge in [0.2, 0.25) is 5.91 Å². The first-order valence-electron chi connectivity index (χ1n) is 4.55. The third-order valence-electron chi connectivity index (χ3n) is 2.27. The van der Waals surface area contributed by atoms with Crippen molar-refractivity contribution >= 4 is 5.91 Å². The average molecular weight is 222 g/mol. The largest absolute Gasteiger partial charge is 0.394 e. The zero-order chi connectivity index (χ0) is 11.6. The Morgan fingerprint density at radius 2 is 1.93 bits per heavy atom. The van der Waals surface area contributed by atoms with Gasteiger partial charge >= 0.3 is 0 Å². The molecule has 1 heterocycles. The molecule has 0 spiro atoms. The van der Waals surface area contributed by atoms with Crippen LogP contribution in [0.1, 0.15) is 6.92 Å². The lowest BCUT2D eigenvalue weighted by Gasteiger charge is -2.40. The molecule has 1 amide bonds. The SMILES string of the molecule is CC(=O)N[C@H]1[C@@H](O)[C@H](O)[C@@H](CO)O[13CH]1O. The first kappa shape index (κ1) is 12.3. The maximum atomic E-state index is 10.7. The highest BCUT2D eigenvalue weighted by molar-refractivity contribution is 5.73. The standard InChI is InChI=1S/C8H15NO6/c1-3(11)9-5-7(13)6(12)4(2-10)15-8(5)14/h4-8,10,12-14H,2H2,1H3,(H,9,11)/t4-,5+,6-,7-,8?/m1/s1/i8+1. The number of hydrogen-bond acceptors (Lipinski definition) is 6. The second-order valence-electron chi connectivity index (χ2n) is 3.46.